The smallest absolute Gasteiger partial charge is 0.260 e. The molecule has 0 aromatic carbocycles. The molecule has 1 atom stereocenters. The maximum absolute atomic E-state index is 12.4. The largest absolute Gasteiger partial charge is 0.368 e. The van der Waals surface area contributed by atoms with Crippen LogP contribution in [0.25, 0.3) is 10.9 Å². The molecule has 0 spiro atoms. The molecule has 7 heteroatoms. The van der Waals surface area contributed by atoms with Crippen LogP contribution in [0.3, 0.4) is 0 Å². The van der Waals surface area contributed by atoms with Crippen molar-refractivity contribution in [3.05, 3.63) is 52.7 Å². The number of hydrogen-bond acceptors (Lipinski definition) is 6. The van der Waals surface area contributed by atoms with E-state index in [9.17, 15) is 4.79 Å². The number of aromatic nitrogens is 4. The van der Waals surface area contributed by atoms with E-state index in [1.165, 1.54) is 0 Å². The summed E-state index contributed by atoms with van der Waals surface area (Å²) in [7, 11) is 0. The summed E-state index contributed by atoms with van der Waals surface area (Å²) < 4.78 is 12.3. The van der Waals surface area contributed by atoms with E-state index in [2.05, 4.69) is 15.1 Å². The zero-order valence-electron chi connectivity index (χ0n) is 11.8. The molecule has 1 saturated heterocycles. The van der Waals surface area contributed by atoms with Crippen LogP contribution in [0.4, 0.5) is 0 Å². The Hall–Kier alpha value is -2.54. The van der Waals surface area contributed by atoms with E-state index in [4.69, 9.17) is 9.26 Å². The minimum atomic E-state index is -0.117. The lowest BCUT2D eigenvalue weighted by Gasteiger charge is -2.03. The SMILES string of the molecule is O=c1c2cccnc2ccn1Cc1noc(C2CCCO2)n1. The van der Waals surface area contributed by atoms with Gasteiger partial charge in [-0.15, -0.1) is 0 Å². The molecule has 0 bridgehead atoms. The van der Waals surface area contributed by atoms with E-state index in [0.717, 1.165) is 19.4 Å². The second kappa shape index (κ2) is 5.34. The average molecular weight is 298 g/mol. The first-order valence-electron chi connectivity index (χ1n) is 7.19. The molecule has 7 nitrogen and oxygen atoms in total. The van der Waals surface area contributed by atoms with Gasteiger partial charge in [-0.05, 0) is 31.0 Å². The van der Waals surface area contributed by atoms with Crippen LogP contribution in [0.2, 0.25) is 0 Å². The van der Waals surface area contributed by atoms with Crippen LogP contribution in [-0.4, -0.2) is 26.3 Å². The lowest BCUT2D eigenvalue weighted by Crippen LogP contribution is -2.20. The zero-order chi connectivity index (χ0) is 14.9. The molecule has 0 radical (unpaired) electrons. The van der Waals surface area contributed by atoms with Crippen LogP contribution in [-0.2, 0) is 11.3 Å². The second-order valence-electron chi connectivity index (χ2n) is 5.24. The van der Waals surface area contributed by atoms with Gasteiger partial charge in [0.2, 0.25) is 0 Å². The molecule has 22 heavy (non-hydrogen) atoms. The van der Waals surface area contributed by atoms with Crippen LogP contribution < -0.4 is 5.56 Å². The maximum atomic E-state index is 12.4. The third kappa shape index (κ3) is 2.29. The summed E-state index contributed by atoms with van der Waals surface area (Å²) in [6.45, 7) is 0.986. The van der Waals surface area contributed by atoms with Crippen LogP contribution in [0, 0.1) is 0 Å². The first-order valence-corrected chi connectivity index (χ1v) is 7.19. The molecule has 1 aliphatic rings. The standard InChI is InChI=1S/C15H14N4O3/c20-15-10-3-1-6-16-11(10)5-7-19(15)9-13-17-14(22-18-13)12-4-2-8-21-12/h1,3,5-7,12H,2,4,8-9H2. The molecule has 0 saturated carbocycles. The fourth-order valence-electron chi connectivity index (χ4n) is 2.63. The van der Waals surface area contributed by atoms with Gasteiger partial charge in [0.1, 0.15) is 6.10 Å². The highest BCUT2D eigenvalue weighted by Crippen LogP contribution is 2.26. The van der Waals surface area contributed by atoms with Gasteiger partial charge in [0.15, 0.2) is 5.82 Å². The first-order chi connectivity index (χ1) is 10.8. The number of rotatable bonds is 3. The molecule has 4 heterocycles. The van der Waals surface area contributed by atoms with Crippen LogP contribution in [0.15, 0.2) is 39.9 Å². The van der Waals surface area contributed by atoms with Crippen LogP contribution in [0.5, 0.6) is 0 Å². The maximum Gasteiger partial charge on any atom is 0.260 e. The quantitative estimate of drug-likeness (QED) is 0.731. The minimum Gasteiger partial charge on any atom is -0.368 e. The number of nitrogens with zero attached hydrogens (tertiary/aromatic N) is 4. The monoisotopic (exact) mass is 298 g/mol. The van der Waals surface area contributed by atoms with Crippen molar-refractivity contribution >= 4 is 10.9 Å². The average Bonchev–Trinajstić information content (AvgIpc) is 3.21. The Morgan fingerprint density at radius 3 is 3.18 bits per heavy atom. The number of ether oxygens (including phenoxy) is 1. The molecule has 0 aliphatic carbocycles. The molecule has 0 amide bonds. The normalized spacial score (nSPS) is 18.1. The lowest BCUT2D eigenvalue weighted by atomic mass is 10.2. The summed E-state index contributed by atoms with van der Waals surface area (Å²) in [6.07, 6.45) is 5.14. The summed E-state index contributed by atoms with van der Waals surface area (Å²) in [4.78, 5) is 20.9. The highest BCUT2D eigenvalue weighted by atomic mass is 16.5. The third-order valence-electron chi connectivity index (χ3n) is 3.74. The van der Waals surface area contributed by atoms with Gasteiger partial charge in [-0.1, -0.05) is 5.16 Å². The molecule has 0 N–H and O–H groups in total. The van der Waals surface area contributed by atoms with Gasteiger partial charge in [0, 0.05) is 19.0 Å². The van der Waals surface area contributed by atoms with Crippen molar-refractivity contribution in [1.82, 2.24) is 19.7 Å². The van der Waals surface area contributed by atoms with Crippen molar-refractivity contribution in [1.29, 1.82) is 0 Å². The topological polar surface area (TPSA) is 83.0 Å². The highest BCUT2D eigenvalue weighted by Gasteiger charge is 2.23. The highest BCUT2D eigenvalue weighted by molar-refractivity contribution is 5.76. The summed E-state index contributed by atoms with van der Waals surface area (Å²) in [6, 6.07) is 5.31. The molecule has 3 aromatic rings. The second-order valence-corrected chi connectivity index (χ2v) is 5.24. The van der Waals surface area contributed by atoms with E-state index in [1.54, 1.807) is 35.2 Å². The molecule has 1 fully saturated rings. The molecule has 3 aromatic heterocycles. The Labute approximate surface area is 125 Å². The Morgan fingerprint density at radius 1 is 1.36 bits per heavy atom. The van der Waals surface area contributed by atoms with Gasteiger partial charge < -0.3 is 13.8 Å². The van der Waals surface area contributed by atoms with E-state index in [0.29, 0.717) is 22.6 Å². The van der Waals surface area contributed by atoms with E-state index < -0.39 is 0 Å². The van der Waals surface area contributed by atoms with Crippen molar-refractivity contribution in [2.75, 3.05) is 6.61 Å². The van der Waals surface area contributed by atoms with E-state index in [-0.39, 0.29) is 18.2 Å². The Balaban J connectivity index is 1.63. The molecule has 1 aliphatic heterocycles. The molecule has 4 rings (SSSR count). The van der Waals surface area contributed by atoms with Crippen LogP contribution in [0.1, 0.15) is 30.7 Å². The fraction of sp³-hybridized carbons (Fsp3) is 0.333. The lowest BCUT2D eigenvalue weighted by molar-refractivity contribution is 0.0835. The summed E-state index contributed by atoms with van der Waals surface area (Å²) in [5.74, 6) is 0.957. The van der Waals surface area contributed by atoms with Crippen molar-refractivity contribution < 1.29 is 9.26 Å². The van der Waals surface area contributed by atoms with Crippen molar-refractivity contribution in [3.8, 4) is 0 Å². The summed E-state index contributed by atoms with van der Waals surface area (Å²) >= 11 is 0. The van der Waals surface area contributed by atoms with Crippen LogP contribution >= 0.6 is 0 Å². The van der Waals surface area contributed by atoms with E-state index >= 15 is 0 Å². The number of hydrogen-bond donors (Lipinski definition) is 0. The third-order valence-corrected chi connectivity index (χ3v) is 3.74. The molecule has 112 valence electrons. The van der Waals surface area contributed by atoms with Crippen molar-refractivity contribution in [3.63, 3.8) is 0 Å². The zero-order valence-corrected chi connectivity index (χ0v) is 11.8. The number of pyridine rings is 2. The molecular formula is C15H14N4O3. The predicted octanol–water partition coefficient (Wildman–Crippen LogP) is 1.68. The Morgan fingerprint density at radius 2 is 2.32 bits per heavy atom. The van der Waals surface area contributed by atoms with E-state index in [1.807, 2.05) is 0 Å². The van der Waals surface area contributed by atoms with Gasteiger partial charge in [0.05, 0.1) is 17.4 Å². The summed E-state index contributed by atoms with van der Waals surface area (Å²) in [5, 5.41) is 4.51. The van der Waals surface area contributed by atoms with Gasteiger partial charge in [0.25, 0.3) is 11.4 Å². The van der Waals surface area contributed by atoms with Crippen molar-refractivity contribution in [2.24, 2.45) is 0 Å². The van der Waals surface area contributed by atoms with Crippen molar-refractivity contribution in [2.45, 2.75) is 25.5 Å². The predicted molar refractivity (Wildman–Crippen MR) is 77.3 cm³/mol. The summed E-state index contributed by atoms with van der Waals surface area (Å²) in [5.41, 5.74) is 0.561. The molecule has 1 unspecified atom stereocenters. The number of fused-ring (bicyclic) bond motifs is 1. The van der Waals surface area contributed by atoms with Gasteiger partial charge in [-0.3, -0.25) is 9.78 Å². The molecular weight excluding hydrogens is 284 g/mol. The van der Waals surface area contributed by atoms with Gasteiger partial charge in [-0.2, -0.15) is 4.98 Å². The first kappa shape index (κ1) is 13.1. The van der Waals surface area contributed by atoms with Gasteiger partial charge in [-0.25, -0.2) is 0 Å². The van der Waals surface area contributed by atoms with Gasteiger partial charge >= 0.3 is 0 Å². The Kier molecular flexibility index (Phi) is 3.19. The fourth-order valence-corrected chi connectivity index (χ4v) is 2.63. The minimum absolute atomic E-state index is 0.112. The Bertz CT molecular complexity index is 864.